The van der Waals surface area contributed by atoms with Gasteiger partial charge in [-0.3, -0.25) is 4.79 Å². The molecule has 1 aliphatic rings. The van der Waals surface area contributed by atoms with Gasteiger partial charge in [-0.1, -0.05) is 12.8 Å². The fourth-order valence-corrected chi connectivity index (χ4v) is 2.85. The van der Waals surface area contributed by atoms with Gasteiger partial charge in [0.05, 0.1) is 0 Å². The fourth-order valence-electron chi connectivity index (χ4n) is 2.35. The van der Waals surface area contributed by atoms with Gasteiger partial charge in [0.25, 0.3) is 0 Å². The average Bonchev–Trinajstić information content (AvgIpc) is 2.87. The van der Waals surface area contributed by atoms with Crippen LogP contribution in [-0.4, -0.2) is 43.7 Å². The van der Waals surface area contributed by atoms with Gasteiger partial charge in [-0.2, -0.15) is 24.9 Å². The summed E-state index contributed by atoms with van der Waals surface area (Å²) in [5.74, 6) is 0.231. The van der Waals surface area contributed by atoms with Crippen LogP contribution < -0.4 is 10.6 Å². The smallest absolute Gasteiger partial charge is 0.355 e. The summed E-state index contributed by atoms with van der Waals surface area (Å²) in [6, 6.07) is 0. The van der Waals surface area contributed by atoms with Crippen molar-refractivity contribution >= 4 is 17.7 Å². The molecule has 0 bridgehead atoms. The van der Waals surface area contributed by atoms with Crippen LogP contribution in [-0.2, 0) is 4.79 Å². The van der Waals surface area contributed by atoms with Crippen molar-refractivity contribution in [3.63, 3.8) is 0 Å². The summed E-state index contributed by atoms with van der Waals surface area (Å²) in [6.07, 6.45) is 1.25. The van der Waals surface area contributed by atoms with Crippen LogP contribution in [0, 0.1) is 5.41 Å². The lowest BCUT2D eigenvalue weighted by molar-refractivity contribution is -0.216. The predicted octanol–water partition coefficient (Wildman–Crippen LogP) is 2.57. The molecule has 1 rings (SSSR count). The van der Waals surface area contributed by atoms with Crippen LogP contribution in [0.25, 0.3) is 0 Å². The molecule has 7 heteroatoms. The molecule has 20 heavy (non-hydrogen) atoms. The Kier molecular flexibility index (Phi) is 7.15. The Balaban J connectivity index is 2.30. The van der Waals surface area contributed by atoms with Crippen LogP contribution in [0.4, 0.5) is 13.2 Å². The normalized spacial score (nSPS) is 23.0. The number of unbranched alkanes of at least 4 members (excludes halogenated alkanes) is 3. The molecule has 0 spiro atoms. The molecule has 1 atom stereocenters. The van der Waals surface area contributed by atoms with E-state index in [1.165, 1.54) is 0 Å². The molecule has 0 aliphatic carbocycles. The highest BCUT2D eigenvalue weighted by atomic mass is 32.2. The topological polar surface area (TPSA) is 41.1 Å². The summed E-state index contributed by atoms with van der Waals surface area (Å²) in [5, 5.41) is 5.10. The van der Waals surface area contributed by atoms with Crippen LogP contribution >= 0.6 is 11.8 Å². The number of alkyl halides is 3. The number of hydrogen-bond acceptors (Lipinski definition) is 3. The number of nitrogens with one attached hydrogen (secondary N) is 2. The molecule has 1 aliphatic heterocycles. The highest BCUT2D eigenvalue weighted by Gasteiger charge is 2.61. The highest BCUT2D eigenvalue weighted by Crippen LogP contribution is 2.43. The number of halogens is 3. The molecule has 0 aromatic heterocycles. The monoisotopic (exact) mass is 312 g/mol. The molecular weight excluding hydrogens is 289 g/mol. The maximum Gasteiger partial charge on any atom is 0.404 e. The number of carbonyl (C=O) groups is 1. The van der Waals surface area contributed by atoms with Crippen LogP contribution in [0.5, 0.6) is 0 Å². The molecule has 3 nitrogen and oxygen atoms in total. The van der Waals surface area contributed by atoms with E-state index in [4.69, 9.17) is 0 Å². The summed E-state index contributed by atoms with van der Waals surface area (Å²) in [6.45, 7) is 0.258. The van der Waals surface area contributed by atoms with Crippen molar-refractivity contribution in [1.29, 1.82) is 0 Å². The van der Waals surface area contributed by atoms with Crippen molar-refractivity contribution in [3.8, 4) is 0 Å². The molecule has 1 saturated heterocycles. The number of hydrogen-bond donors (Lipinski definition) is 2. The van der Waals surface area contributed by atoms with Crippen molar-refractivity contribution in [3.05, 3.63) is 0 Å². The van der Waals surface area contributed by atoms with Crippen molar-refractivity contribution in [1.82, 2.24) is 10.6 Å². The van der Waals surface area contributed by atoms with E-state index >= 15 is 0 Å². The van der Waals surface area contributed by atoms with E-state index < -0.39 is 17.5 Å². The van der Waals surface area contributed by atoms with E-state index in [-0.39, 0.29) is 19.5 Å². The van der Waals surface area contributed by atoms with Gasteiger partial charge in [0.2, 0.25) is 5.91 Å². The van der Waals surface area contributed by atoms with Crippen molar-refractivity contribution < 1.29 is 18.0 Å². The predicted molar refractivity (Wildman–Crippen MR) is 75.8 cm³/mol. The quantitative estimate of drug-likeness (QED) is 0.677. The molecular formula is C13H23F3N2OS. The Morgan fingerprint density at radius 2 is 2.00 bits per heavy atom. The Morgan fingerprint density at radius 3 is 2.55 bits per heavy atom. The SMILES string of the molecule is CSCCCCCCNC(=O)C1(C(F)(F)F)CCNC1. The van der Waals surface area contributed by atoms with Gasteiger partial charge < -0.3 is 10.6 Å². The van der Waals surface area contributed by atoms with Crippen LogP contribution in [0.15, 0.2) is 0 Å². The summed E-state index contributed by atoms with van der Waals surface area (Å²) < 4.78 is 39.2. The van der Waals surface area contributed by atoms with Gasteiger partial charge in [-0.05, 0) is 37.8 Å². The zero-order valence-electron chi connectivity index (χ0n) is 11.8. The third kappa shape index (κ3) is 4.55. The molecule has 0 aromatic rings. The largest absolute Gasteiger partial charge is 0.404 e. The summed E-state index contributed by atoms with van der Waals surface area (Å²) in [4.78, 5) is 11.9. The standard InChI is InChI=1S/C13H23F3N2OS/c1-20-9-5-3-2-4-7-18-11(19)12(13(14,15)16)6-8-17-10-12/h17H,2-10H2,1H3,(H,18,19). The van der Waals surface area contributed by atoms with Gasteiger partial charge in [-0.25, -0.2) is 0 Å². The lowest BCUT2D eigenvalue weighted by Gasteiger charge is -2.29. The third-order valence-corrected chi connectivity index (χ3v) is 4.39. The Bertz CT molecular complexity index is 304. The second kappa shape index (κ2) is 8.12. The molecule has 1 unspecified atom stereocenters. The molecule has 118 valence electrons. The molecule has 2 N–H and O–H groups in total. The number of amides is 1. The maximum absolute atomic E-state index is 13.1. The van der Waals surface area contributed by atoms with Gasteiger partial charge in [0, 0.05) is 13.1 Å². The van der Waals surface area contributed by atoms with E-state index in [1.54, 1.807) is 11.8 Å². The van der Waals surface area contributed by atoms with Gasteiger partial charge in [-0.15, -0.1) is 0 Å². The van der Waals surface area contributed by atoms with E-state index in [1.807, 2.05) is 6.26 Å². The molecule has 1 fully saturated rings. The first-order valence-electron chi connectivity index (χ1n) is 6.99. The highest BCUT2D eigenvalue weighted by molar-refractivity contribution is 7.98. The summed E-state index contributed by atoms with van der Waals surface area (Å²) >= 11 is 1.79. The molecule has 0 saturated carbocycles. The first-order chi connectivity index (χ1) is 9.44. The first-order valence-corrected chi connectivity index (χ1v) is 8.38. The lowest BCUT2D eigenvalue weighted by Crippen LogP contribution is -2.52. The average molecular weight is 312 g/mol. The number of carbonyl (C=O) groups excluding carboxylic acids is 1. The van der Waals surface area contributed by atoms with E-state index in [9.17, 15) is 18.0 Å². The zero-order valence-corrected chi connectivity index (χ0v) is 12.6. The Labute approximate surface area is 122 Å². The van der Waals surface area contributed by atoms with Crippen LogP contribution in [0.2, 0.25) is 0 Å². The minimum absolute atomic E-state index is 0.171. The molecule has 0 radical (unpaired) electrons. The number of thioether (sulfide) groups is 1. The van der Waals surface area contributed by atoms with Crippen molar-refractivity contribution in [2.45, 2.75) is 38.3 Å². The van der Waals surface area contributed by atoms with E-state index in [2.05, 4.69) is 10.6 Å². The first kappa shape index (κ1) is 17.6. The summed E-state index contributed by atoms with van der Waals surface area (Å²) in [5.41, 5.74) is -2.23. The zero-order chi connectivity index (χ0) is 15.1. The van der Waals surface area contributed by atoms with E-state index in [0.29, 0.717) is 6.54 Å². The van der Waals surface area contributed by atoms with Crippen molar-refractivity contribution in [2.75, 3.05) is 31.6 Å². The lowest BCUT2D eigenvalue weighted by atomic mass is 9.85. The molecule has 1 heterocycles. The molecule has 1 amide bonds. The fraction of sp³-hybridized carbons (Fsp3) is 0.923. The van der Waals surface area contributed by atoms with E-state index in [0.717, 1.165) is 31.4 Å². The second-order valence-corrected chi connectivity index (χ2v) is 6.16. The maximum atomic E-state index is 13.1. The van der Waals surface area contributed by atoms with Gasteiger partial charge >= 0.3 is 6.18 Å². The van der Waals surface area contributed by atoms with Crippen LogP contribution in [0.1, 0.15) is 32.1 Å². The Hall–Kier alpha value is -0.430. The summed E-state index contributed by atoms with van der Waals surface area (Å²) in [7, 11) is 0. The third-order valence-electron chi connectivity index (χ3n) is 3.69. The minimum Gasteiger partial charge on any atom is -0.355 e. The number of rotatable bonds is 8. The molecule has 0 aromatic carbocycles. The van der Waals surface area contributed by atoms with Gasteiger partial charge in [0.15, 0.2) is 5.41 Å². The second-order valence-electron chi connectivity index (χ2n) is 5.17. The van der Waals surface area contributed by atoms with Crippen LogP contribution in [0.3, 0.4) is 0 Å². The Morgan fingerprint density at radius 1 is 1.30 bits per heavy atom. The minimum atomic E-state index is -4.49. The van der Waals surface area contributed by atoms with Gasteiger partial charge in [0.1, 0.15) is 0 Å². The van der Waals surface area contributed by atoms with Crippen molar-refractivity contribution in [2.24, 2.45) is 5.41 Å².